The van der Waals surface area contributed by atoms with E-state index < -0.39 is 12.2 Å². The van der Waals surface area contributed by atoms with Crippen LogP contribution >= 0.6 is 0 Å². The van der Waals surface area contributed by atoms with Gasteiger partial charge in [-0.05, 0) is 12.1 Å². The van der Waals surface area contributed by atoms with Crippen molar-refractivity contribution in [1.29, 1.82) is 0 Å². The van der Waals surface area contributed by atoms with Crippen molar-refractivity contribution in [2.45, 2.75) is 13.3 Å². The highest BCUT2D eigenvalue weighted by atomic mass is 16.6. The number of carbonyl (C=O) groups is 3. The smallest absolute Gasteiger partial charge is 0.410 e. The van der Waals surface area contributed by atoms with Crippen LogP contribution in [0.4, 0.5) is 9.59 Å². The molecule has 0 aliphatic heterocycles. The molecule has 0 saturated carbocycles. The Labute approximate surface area is 129 Å². The Morgan fingerprint density at radius 3 is 2.00 bits per heavy atom. The average Bonchev–Trinajstić information content (AvgIpc) is 2.46. The Kier molecular flexibility index (Phi) is 5.91. The molecule has 0 N–H and O–H groups in total. The summed E-state index contributed by atoms with van der Waals surface area (Å²) in [6.45, 7) is 1.71. The van der Waals surface area contributed by atoms with Crippen LogP contribution in [0.1, 0.15) is 23.7 Å². The molecule has 0 saturated heterocycles. The van der Waals surface area contributed by atoms with Gasteiger partial charge in [0.15, 0.2) is 5.78 Å². The lowest BCUT2D eigenvalue weighted by molar-refractivity contribution is 0.0985. The van der Waals surface area contributed by atoms with Gasteiger partial charge in [0.05, 0.1) is 5.56 Å². The molecule has 7 heteroatoms. The summed E-state index contributed by atoms with van der Waals surface area (Å²) in [4.78, 5) is 37.6. The number of ether oxygens (including phenoxy) is 2. The second-order valence-corrected chi connectivity index (χ2v) is 4.96. The molecule has 0 aromatic heterocycles. The molecule has 0 fully saturated rings. The van der Waals surface area contributed by atoms with Crippen LogP contribution < -0.4 is 9.47 Å². The number of Topliss-reactive ketones (excluding diaryl/α,β-unsaturated/α-hetero) is 1. The van der Waals surface area contributed by atoms with E-state index in [1.165, 1.54) is 42.1 Å². The Bertz CT molecular complexity index is 581. The molecular formula is C15H20N2O5. The van der Waals surface area contributed by atoms with Crippen molar-refractivity contribution in [1.82, 2.24) is 9.80 Å². The number of carbonyl (C=O) groups excluding carboxylic acids is 3. The van der Waals surface area contributed by atoms with Crippen LogP contribution in [-0.2, 0) is 0 Å². The van der Waals surface area contributed by atoms with Crippen molar-refractivity contribution in [3.05, 3.63) is 23.8 Å². The van der Waals surface area contributed by atoms with Gasteiger partial charge in [0, 0.05) is 40.7 Å². The van der Waals surface area contributed by atoms with Crippen molar-refractivity contribution < 1.29 is 23.9 Å². The van der Waals surface area contributed by atoms with Crippen molar-refractivity contribution in [3.63, 3.8) is 0 Å². The molecule has 0 aliphatic rings. The van der Waals surface area contributed by atoms with E-state index in [0.717, 1.165) is 0 Å². The lowest BCUT2D eigenvalue weighted by atomic mass is 10.1. The van der Waals surface area contributed by atoms with Gasteiger partial charge in [-0.1, -0.05) is 6.92 Å². The summed E-state index contributed by atoms with van der Waals surface area (Å²) >= 11 is 0. The van der Waals surface area contributed by atoms with E-state index in [0.29, 0.717) is 0 Å². The summed E-state index contributed by atoms with van der Waals surface area (Å²) in [7, 11) is 6.15. The third kappa shape index (κ3) is 4.47. The first kappa shape index (κ1) is 17.5. The van der Waals surface area contributed by atoms with E-state index in [9.17, 15) is 14.4 Å². The summed E-state index contributed by atoms with van der Waals surface area (Å²) in [6.07, 6.45) is -0.927. The molecule has 22 heavy (non-hydrogen) atoms. The molecule has 0 radical (unpaired) electrons. The fraction of sp³-hybridized carbons (Fsp3) is 0.400. The lowest BCUT2D eigenvalue weighted by Crippen LogP contribution is -2.26. The highest BCUT2D eigenvalue weighted by Crippen LogP contribution is 2.27. The number of hydrogen-bond acceptors (Lipinski definition) is 5. The standard InChI is InChI=1S/C15H20N2O5/c1-6-12(18)11-8-7-10(21-14(19)16(2)3)9-13(11)22-15(20)17(4)5/h7-9H,6H2,1-5H3. The van der Waals surface area contributed by atoms with Gasteiger partial charge in [0.25, 0.3) is 0 Å². The summed E-state index contributed by atoms with van der Waals surface area (Å²) in [5.41, 5.74) is 0.266. The molecule has 0 aliphatic carbocycles. The molecule has 0 atom stereocenters. The van der Waals surface area contributed by atoms with Crippen molar-refractivity contribution in [3.8, 4) is 11.5 Å². The van der Waals surface area contributed by atoms with E-state index in [1.54, 1.807) is 21.0 Å². The second-order valence-electron chi connectivity index (χ2n) is 4.96. The van der Waals surface area contributed by atoms with E-state index in [1.807, 2.05) is 0 Å². The van der Waals surface area contributed by atoms with E-state index in [2.05, 4.69) is 0 Å². The maximum absolute atomic E-state index is 11.9. The van der Waals surface area contributed by atoms with Crippen molar-refractivity contribution in [2.75, 3.05) is 28.2 Å². The van der Waals surface area contributed by atoms with E-state index in [4.69, 9.17) is 9.47 Å². The van der Waals surface area contributed by atoms with Gasteiger partial charge < -0.3 is 19.3 Å². The Balaban J connectivity index is 3.13. The monoisotopic (exact) mass is 308 g/mol. The van der Waals surface area contributed by atoms with Crippen molar-refractivity contribution >= 4 is 18.0 Å². The minimum atomic E-state index is -0.624. The molecule has 0 heterocycles. The predicted octanol–water partition coefficient (Wildman–Crippen LogP) is 2.40. The quantitative estimate of drug-likeness (QED) is 0.798. The zero-order chi connectivity index (χ0) is 16.9. The Morgan fingerprint density at radius 2 is 1.50 bits per heavy atom. The first-order chi connectivity index (χ1) is 10.3. The third-order valence-corrected chi connectivity index (χ3v) is 2.71. The molecular weight excluding hydrogens is 288 g/mol. The molecule has 1 aromatic carbocycles. The molecule has 7 nitrogen and oxygen atoms in total. The third-order valence-electron chi connectivity index (χ3n) is 2.71. The molecule has 1 rings (SSSR count). The summed E-state index contributed by atoms with van der Waals surface area (Å²) in [5.74, 6) is 0.0783. The van der Waals surface area contributed by atoms with Crippen LogP contribution in [0, 0.1) is 0 Å². The fourth-order valence-corrected chi connectivity index (χ4v) is 1.45. The van der Waals surface area contributed by atoms with Gasteiger partial charge in [-0.2, -0.15) is 0 Å². The van der Waals surface area contributed by atoms with Crippen LogP contribution in [0.25, 0.3) is 0 Å². The van der Waals surface area contributed by atoms with Gasteiger partial charge in [-0.25, -0.2) is 9.59 Å². The van der Waals surface area contributed by atoms with Crippen LogP contribution in [-0.4, -0.2) is 56.0 Å². The van der Waals surface area contributed by atoms with Gasteiger partial charge in [-0.3, -0.25) is 4.79 Å². The maximum atomic E-state index is 11.9. The minimum absolute atomic E-state index is 0.0645. The minimum Gasteiger partial charge on any atom is -0.410 e. The molecule has 2 amide bonds. The second kappa shape index (κ2) is 7.44. The van der Waals surface area contributed by atoms with Gasteiger partial charge in [-0.15, -0.1) is 0 Å². The first-order valence-electron chi connectivity index (χ1n) is 6.71. The normalized spacial score (nSPS) is 9.86. The predicted molar refractivity (Wildman–Crippen MR) is 80.5 cm³/mol. The molecule has 0 spiro atoms. The highest BCUT2D eigenvalue weighted by Gasteiger charge is 2.17. The van der Waals surface area contributed by atoms with Crippen molar-refractivity contribution in [2.24, 2.45) is 0 Å². The zero-order valence-corrected chi connectivity index (χ0v) is 13.4. The number of rotatable bonds is 4. The summed E-state index contributed by atoms with van der Waals surface area (Å²) in [5, 5.41) is 0. The Hall–Kier alpha value is -2.57. The molecule has 120 valence electrons. The maximum Gasteiger partial charge on any atom is 0.414 e. The molecule has 0 unspecified atom stereocenters. The number of benzene rings is 1. The first-order valence-corrected chi connectivity index (χ1v) is 6.71. The van der Waals surface area contributed by atoms with E-state index >= 15 is 0 Å². The average molecular weight is 308 g/mol. The van der Waals surface area contributed by atoms with Crippen LogP contribution in [0.3, 0.4) is 0 Å². The molecule has 1 aromatic rings. The highest BCUT2D eigenvalue weighted by molar-refractivity contribution is 5.99. The Morgan fingerprint density at radius 1 is 0.955 bits per heavy atom. The topological polar surface area (TPSA) is 76.1 Å². The number of amides is 2. The summed E-state index contributed by atoms with van der Waals surface area (Å²) < 4.78 is 10.3. The SMILES string of the molecule is CCC(=O)c1ccc(OC(=O)N(C)C)cc1OC(=O)N(C)C. The van der Waals surface area contributed by atoms with Crippen LogP contribution in [0.5, 0.6) is 11.5 Å². The number of ketones is 1. The van der Waals surface area contributed by atoms with Gasteiger partial charge in [0.2, 0.25) is 0 Å². The largest absolute Gasteiger partial charge is 0.414 e. The fourth-order valence-electron chi connectivity index (χ4n) is 1.45. The number of hydrogen-bond donors (Lipinski definition) is 0. The van der Waals surface area contributed by atoms with Crippen LogP contribution in [0.2, 0.25) is 0 Å². The van der Waals surface area contributed by atoms with E-state index in [-0.39, 0.29) is 29.3 Å². The summed E-state index contributed by atoms with van der Waals surface area (Å²) in [6, 6.07) is 4.31. The number of nitrogens with zero attached hydrogens (tertiary/aromatic N) is 2. The molecule has 0 bridgehead atoms. The van der Waals surface area contributed by atoms with Gasteiger partial charge in [0.1, 0.15) is 11.5 Å². The zero-order valence-electron chi connectivity index (χ0n) is 13.4. The van der Waals surface area contributed by atoms with Gasteiger partial charge >= 0.3 is 12.2 Å². The lowest BCUT2D eigenvalue weighted by Gasteiger charge is -2.15. The van der Waals surface area contributed by atoms with Crippen LogP contribution in [0.15, 0.2) is 18.2 Å².